The Morgan fingerprint density at radius 1 is 0.903 bits per heavy atom. The molecule has 3 aliphatic heterocycles. The zero-order valence-electron chi connectivity index (χ0n) is 40.8. The van der Waals surface area contributed by atoms with Crippen molar-refractivity contribution in [3.63, 3.8) is 0 Å². The zero-order valence-corrected chi connectivity index (χ0v) is 44.0. The molecule has 1 aliphatic carbocycles. The maximum atomic E-state index is 14.3. The molecule has 3 saturated heterocycles. The minimum atomic E-state index is -6.07. The minimum absolute atomic E-state index is 0.00133. The number of carbonyl (C=O) groups is 1. The van der Waals surface area contributed by atoms with Crippen molar-refractivity contribution in [1.82, 2.24) is 24.7 Å². The third-order valence-corrected chi connectivity index (χ3v) is 18.5. The van der Waals surface area contributed by atoms with E-state index in [0.29, 0.717) is 49.6 Å². The van der Waals surface area contributed by atoms with Crippen LogP contribution in [0.3, 0.4) is 0 Å². The molecule has 13 nitrogen and oxygen atoms in total. The number of amides is 1. The van der Waals surface area contributed by atoms with Gasteiger partial charge in [-0.15, -0.1) is 11.8 Å². The van der Waals surface area contributed by atoms with Gasteiger partial charge in [0.2, 0.25) is 0 Å². The summed E-state index contributed by atoms with van der Waals surface area (Å²) >= 11 is 7.74. The second kappa shape index (κ2) is 23.6. The van der Waals surface area contributed by atoms with Crippen molar-refractivity contribution < 1.29 is 39.5 Å². The number of nitrogens with one attached hydrogen (secondary N) is 3. The van der Waals surface area contributed by atoms with Crippen molar-refractivity contribution in [2.45, 2.75) is 71.8 Å². The van der Waals surface area contributed by atoms with Crippen LogP contribution in [0.4, 0.5) is 24.5 Å². The zero-order chi connectivity index (χ0) is 51.1. The first-order valence-corrected chi connectivity index (χ1v) is 28.9. The van der Waals surface area contributed by atoms with Crippen molar-refractivity contribution >= 4 is 66.1 Å². The number of hydrogen-bond acceptors (Lipinski definition) is 13. The first-order chi connectivity index (χ1) is 34.4. The van der Waals surface area contributed by atoms with Gasteiger partial charge in [-0.2, -0.15) is 13.2 Å². The Balaban J connectivity index is 0.924. The monoisotopic (exact) mass is 1070 g/mol. The fourth-order valence-corrected chi connectivity index (χ4v) is 13.3. The molecule has 3 N–H and O–H groups in total. The molecule has 4 aromatic rings. The second-order valence-corrected chi connectivity index (χ2v) is 24.8. The molecule has 3 unspecified atom stereocenters. The Bertz CT molecular complexity index is 2740. The molecule has 4 aliphatic rings. The van der Waals surface area contributed by atoms with Crippen LogP contribution in [0.25, 0.3) is 5.57 Å². The smallest absolute Gasteiger partial charge is 0.380 e. The van der Waals surface area contributed by atoms with Gasteiger partial charge in [-0.3, -0.25) is 14.6 Å². The molecule has 3 heterocycles. The molecule has 20 heteroatoms. The van der Waals surface area contributed by atoms with Gasteiger partial charge in [0.15, 0.2) is 0 Å². The number of allylic oxidation sites excluding steroid dienone is 1. The highest BCUT2D eigenvalue weighted by Gasteiger charge is 2.48. The average molecular weight is 1070 g/mol. The lowest BCUT2D eigenvalue weighted by Gasteiger charge is -2.43. The third kappa shape index (κ3) is 13.7. The molecule has 0 spiro atoms. The van der Waals surface area contributed by atoms with E-state index in [1.807, 2.05) is 54.1 Å². The molecular formula is C52H65ClF3N7O6S3. The Labute approximate surface area is 431 Å². The quantitative estimate of drug-likeness (QED) is 0.0827. The highest BCUT2D eigenvalue weighted by atomic mass is 35.5. The number of piperazine rings is 2. The number of sulfone groups is 1. The van der Waals surface area contributed by atoms with E-state index in [2.05, 4.69) is 49.3 Å². The van der Waals surface area contributed by atoms with Crippen LogP contribution in [-0.4, -0.2) is 153 Å². The molecule has 0 radical (unpaired) electrons. The van der Waals surface area contributed by atoms with Gasteiger partial charge in [0.05, 0.1) is 23.8 Å². The Morgan fingerprint density at radius 2 is 1.61 bits per heavy atom. The summed E-state index contributed by atoms with van der Waals surface area (Å²) in [5.74, 6) is -0.660. The van der Waals surface area contributed by atoms with E-state index in [4.69, 9.17) is 16.3 Å². The molecule has 0 aromatic heterocycles. The van der Waals surface area contributed by atoms with Gasteiger partial charge in [0.1, 0.15) is 4.90 Å². The molecule has 1 amide bonds. The summed E-state index contributed by atoms with van der Waals surface area (Å²) in [7, 11) is -10.9. The number of nitrogens with zero attached hydrogens (tertiary/aromatic N) is 4. The van der Waals surface area contributed by atoms with Gasteiger partial charge >= 0.3 is 5.51 Å². The summed E-state index contributed by atoms with van der Waals surface area (Å²) in [5.41, 5.74) is -1.03. The lowest BCUT2D eigenvalue weighted by molar-refractivity contribution is -0.0435. The molecule has 8 rings (SSSR count). The normalized spacial score (nSPS) is 21.6. The summed E-state index contributed by atoms with van der Waals surface area (Å²) in [4.78, 5) is 21.8. The summed E-state index contributed by atoms with van der Waals surface area (Å²) in [6, 6.07) is 26.1. The Hall–Kier alpha value is -4.18. The van der Waals surface area contributed by atoms with Gasteiger partial charge in [-0.1, -0.05) is 54.4 Å². The SMILES string of the molecule is CC1COCCN1CCC(CSc1ccccc1)Nc1ccc(S(=O)(=O)NC(=O)c2ccc(N3CCN(CC4=C(c5ccc(Cl)cc5)CCC(C)(CN5CCNCC5)C4)CC3)cc2)cc1S(=O)(=O)C(F)(F)F. The van der Waals surface area contributed by atoms with E-state index in [0.717, 1.165) is 107 Å². The number of rotatable bonds is 18. The maximum Gasteiger partial charge on any atom is 0.501 e. The molecule has 3 atom stereocenters. The predicted molar refractivity (Wildman–Crippen MR) is 280 cm³/mol. The number of hydrogen-bond donors (Lipinski definition) is 3. The average Bonchev–Trinajstić information content (AvgIpc) is 3.36. The molecule has 3 fully saturated rings. The van der Waals surface area contributed by atoms with Crippen LogP contribution >= 0.6 is 23.4 Å². The fraction of sp³-hybridized carbons (Fsp3) is 0.481. The van der Waals surface area contributed by atoms with E-state index >= 15 is 0 Å². The lowest BCUT2D eigenvalue weighted by atomic mass is 9.71. The fourth-order valence-electron chi connectivity index (χ4n) is 10.2. The molecule has 0 bridgehead atoms. The van der Waals surface area contributed by atoms with Crippen LogP contribution in [-0.2, 0) is 24.6 Å². The first kappa shape index (κ1) is 54.1. The van der Waals surface area contributed by atoms with Crippen molar-refractivity contribution in [3.8, 4) is 0 Å². The van der Waals surface area contributed by atoms with Crippen molar-refractivity contribution in [2.75, 3.05) is 108 Å². The van der Waals surface area contributed by atoms with Gasteiger partial charge in [0.25, 0.3) is 25.8 Å². The van der Waals surface area contributed by atoms with Crippen LogP contribution in [0.1, 0.15) is 55.5 Å². The Morgan fingerprint density at radius 3 is 2.29 bits per heavy atom. The highest BCUT2D eigenvalue weighted by Crippen LogP contribution is 2.44. The maximum absolute atomic E-state index is 14.3. The number of sulfonamides is 1. The van der Waals surface area contributed by atoms with Crippen LogP contribution in [0.15, 0.2) is 117 Å². The number of carbonyl (C=O) groups excluding carboxylic acids is 1. The molecule has 72 heavy (non-hydrogen) atoms. The number of thioether (sulfide) groups is 1. The van der Waals surface area contributed by atoms with E-state index in [1.165, 1.54) is 40.6 Å². The second-order valence-electron chi connectivity index (χ2n) is 19.7. The van der Waals surface area contributed by atoms with Crippen LogP contribution in [0, 0.1) is 5.41 Å². The summed E-state index contributed by atoms with van der Waals surface area (Å²) in [6.07, 6.45) is 3.59. The number of halogens is 4. The topological polar surface area (TPSA) is 144 Å². The van der Waals surface area contributed by atoms with Crippen LogP contribution in [0.5, 0.6) is 0 Å². The largest absolute Gasteiger partial charge is 0.501 e. The number of ether oxygens (including phenoxy) is 1. The van der Waals surface area contributed by atoms with Crippen molar-refractivity contribution in [3.05, 3.63) is 119 Å². The van der Waals surface area contributed by atoms with Crippen molar-refractivity contribution in [1.29, 1.82) is 0 Å². The molecular weight excluding hydrogens is 1010 g/mol. The number of benzene rings is 4. The number of anilines is 2. The first-order valence-electron chi connectivity index (χ1n) is 24.6. The molecule has 0 saturated carbocycles. The van der Waals surface area contributed by atoms with E-state index < -0.39 is 52.8 Å². The van der Waals surface area contributed by atoms with E-state index in [1.54, 1.807) is 12.1 Å². The highest BCUT2D eigenvalue weighted by molar-refractivity contribution is 7.99. The summed E-state index contributed by atoms with van der Waals surface area (Å²) < 4.78 is 104. The van der Waals surface area contributed by atoms with Gasteiger partial charge < -0.3 is 25.2 Å². The third-order valence-electron chi connectivity index (χ3n) is 14.2. The Kier molecular flexibility index (Phi) is 17.7. The predicted octanol–water partition coefficient (Wildman–Crippen LogP) is 8.11. The van der Waals surface area contributed by atoms with Crippen LogP contribution in [0.2, 0.25) is 5.02 Å². The summed E-state index contributed by atoms with van der Waals surface area (Å²) in [6.45, 7) is 15.9. The van der Waals surface area contributed by atoms with E-state index in [9.17, 15) is 34.8 Å². The van der Waals surface area contributed by atoms with E-state index in [-0.39, 0.29) is 17.0 Å². The molecule has 4 aromatic carbocycles. The van der Waals surface area contributed by atoms with Crippen molar-refractivity contribution in [2.24, 2.45) is 5.41 Å². The standard InChI is InChI=1S/C52H65ClF3N7O6S3/c1-38-35-69-31-30-62(38)23-19-43(36-70-45-6-4-3-5-7-45)58-48-17-16-46(32-49(48)71(65,66)52(54,55)56)72(67,68)59-50(64)40-10-14-44(15-11-40)63-28-26-60(27-29-63)34-41-33-51(2,37-61-24-21-57-22-25-61)20-18-47(41)39-8-12-42(53)13-9-39/h3-17,32,38,43,57-58H,18-31,33-37H2,1-2H3,(H,59,64). The van der Waals surface area contributed by atoms with Gasteiger partial charge in [0, 0.05) is 118 Å². The van der Waals surface area contributed by atoms with Gasteiger partial charge in [-0.25, -0.2) is 21.6 Å². The number of morpholine rings is 1. The molecule has 390 valence electrons. The summed E-state index contributed by atoms with van der Waals surface area (Å²) in [5, 5.41) is 7.20. The van der Waals surface area contributed by atoms with Gasteiger partial charge in [-0.05, 0) is 116 Å². The number of alkyl halides is 3. The van der Waals surface area contributed by atoms with Crippen LogP contribution < -0.4 is 20.3 Å². The minimum Gasteiger partial charge on any atom is -0.380 e. The lowest BCUT2D eigenvalue weighted by Crippen LogP contribution is -2.49.